The summed E-state index contributed by atoms with van der Waals surface area (Å²) in [4.78, 5) is 22.8. The number of carbonyl (C=O) groups is 1. The topological polar surface area (TPSA) is 49.0 Å². The maximum Gasteiger partial charge on any atom is 0.167 e. The van der Waals surface area contributed by atoms with Gasteiger partial charge in [0.05, 0.1) is 0 Å². The molecule has 1 aromatic carbocycles. The molecule has 1 aromatic heterocycles. The third kappa shape index (κ3) is 4.37. The Morgan fingerprint density at radius 3 is 2.60 bits per heavy atom. The molecule has 1 aliphatic rings. The van der Waals surface area contributed by atoms with E-state index in [2.05, 4.69) is 47.8 Å². The van der Waals surface area contributed by atoms with Crippen LogP contribution in [-0.4, -0.2) is 33.7 Å². The smallest absolute Gasteiger partial charge is 0.167 e. The predicted octanol–water partition coefficient (Wildman–Crippen LogP) is 4.11. The number of hydrogen-bond acceptors (Lipinski definition) is 3. The minimum Gasteiger partial charge on any atom is -0.345 e. The predicted molar refractivity (Wildman–Crippen MR) is 101 cm³/mol. The highest BCUT2D eigenvalue weighted by atomic mass is 16.1. The lowest BCUT2D eigenvalue weighted by molar-refractivity contribution is 0.0810. The number of imidazole rings is 1. The van der Waals surface area contributed by atoms with Crippen molar-refractivity contribution in [2.45, 2.75) is 52.5 Å². The van der Waals surface area contributed by atoms with Crippen LogP contribution < -0.4 is 0 Å². The fourth-order valence-corrected chi connectivity index (χ4v) is 3.58. The number of ketones is 1. The molecule has 3 rings (SSSR count). The molecule has 0 spiro atoms. The molecule has 0 unspecified atom stereocenters. The summed E-state index contributed by atoms with van der Waals surface area (Å²) in [5.41, 5.74) is 3.35. The molecule has 0 aliphatic carbocycles. The van der Waals surface area contributed by atoms with Gasteiger partial charge in [-0.2, -0.15) is 0 Å². The van der Waals surface area contributed by atoms with Gasteiger partial charge in [-0.3, -0.25) is 9.69 Å². The molecule has 1 N–H and O–H groups in total. The molecule has 0 amide bonds. The Kier molecular flexibility index (Phi) is 5.09. The van der Waals surface area contributed by atoms with Crippen molar-refractivity contribution in [3.8, 4) is 0 Å². The molecule has 1 fully saturated rings. The first-order chi connectivity index (χ1) is 11.8. The molecule has 0 bridgehead atoms. The number of benzene rings is 1. The maximum absolute atomic E-state index is 12.9. The van der Waals surface area contributed by atoms with E-state index in [1.165, 1.54) is 5.56 Å². The summed E-state index contributed by atoms with van der Waals surface area (Å²) in [5, 5.41) is 0. The summed E-state index contributed by atoms with van der Waals surface area (Å²) >= 11 is 0. The zero-order valence-corrected chi connectivity index (χ0v) is 15.8. The quantitative estimate of drug-likeness (QED) is 0.853. The molecule has 0 radical (unpaired) electrons. The Balaban J connectivity index is 1.65. The van der Waals surface area contributed by atoms with Gasteiger partial charge in [-0.25, -0.2) is 4.98 Å². The van der Waals surface area contributed by atoms with E-state index in [0.29, 0.717) is 0 Å². The van der Waals surface area contributed by atoms with Gasteiger partial charge in [0, 0.05) is 36.5 Å². The first-order valence-electron chi connectivity index (χ1n) is 9.20. The minimum atomic E-state index is 0.0956. The lowest BCUT2D eigenvalue weighted by Gasteiger charge is -2.31. The second-order valence-corrected chi connectivity index (χ2v) is 8.26. The molecule has 1 saturated heterocycles. The van der Waals surface area contributed by atoms with Crippen LogP contribution in [0.2, 0.25) is 0 Å². The molecule has 4 nitrogen and oxygen atoms in total. The molecule has 2 heterocycles. The summed E-state index contributed by atoms with van der Waals surface area (Å²) in [5.74, 6) is 1.32. The van der Waals surface area contributed by atoms with Crippen LogP contribution in [-0.2, 0) is 12.0 Å². The van der Waals surface area contributed by atoms with Crippen LogP contribution >= 0.6 is 0 Å². The SMILES string of the molecule is Cc1ncc(CN2CCC[C@@H](C(=O)c3ccc(C(C)(C)C)cc3)C2)[nH]1. The molecule has 2 aromatic rings. The van der Waals surface area contributed by atoms with Crippen molar-refractivity contribution < 1.29 is 4.79 Å². The highest BCUT2D eigenvalue weighted by Crippen LogP contribution is 2.25. The Morgan fingerprint density at radius 2 is 2.00 bits per heavy atom. The van der Waals surface area contributed by atoms with E-state index >= 15 is 0 Å². The second-order valence-electron chi connectivity index (χ2n) is 8.26. The van der Waals surface area contributed by atoms with Crippen molar-refractivity contribution in [3.05, 3.63) is 53.1 Å². The number of carbonyl (C=O) groups excluding carboxylic acids is 1. The summed E-state index contributed by atoms with van der Waals surface area (Å²) in [6.07, 6.45) is 3.95. The number of H-pyrrole nitrogens is 1. The van der Waals surface area contributed by atoms with Crippen LogP contribution in [0.25, 0.3) is 0 Å². The summed E-state index contributed by atoms with van der Waals surface area (Å²) in [6, 6.07) is 8.20. The number of aromatic amines is 1. The number of hydrogen-bond donors (Lipinski definition) is 1. The number of aryl methyl sites for hydroxylation is 1. The third-order valence-electron chi connectivity index (χ3n) is 5.06. The van der Waals surface area contributed by atoms with Crippen molar-refractivity contribution in [3.63, 3.8) is 0 Å². The monoisotopic (exact) mass is 339 g/mol. The lowest BCUT2D eigenvalue weighted by Crippen LogP contribution is -2.38. The molecule has 1 aliphatic heterocycles. The van der Waals surface area contributed by atoms with Gasteiger partial charge in [-0.15, -0.1) is 0 Å². The van der Waals surface area contributed by atoms with Crippen LogP contribution in [0.3, 0.4) is 0 Å². The fourth-order valence-electron chi connectivity index (χ4n) is 3.58. The van der Waals surface area contributed by atoms with E-state index in [4.69, 9.17) is 0 Å². The number of rotatable bonds is 4. The van der Waals surface area contributed by atoms with E-state index < -0.39 is 0 Å². The standard InChI is InChI=1S/C21H29N3O/c1-15-22-12-19(23-15)14-24-11-5-6-17(13-24)20(25)16-7-9-18(10-8-16)21(2,3)4/h7-10,12,17H,5-6,11,13-14H2,1-4H3,(H,22,23)/t17-/m1/s1. The van der Waals surface area contributed by atoms with E-state index in [1.54, 1.807) is 0 Å². The van der Waals surface area contributed by atoms with Crippen LogP contribution in [0.15, 0.2) is 30.5 Å². The van der Waals surface area contributed by atoms with Gasteiger partial charge >= 0.3 is 0 Å². The first kappa shape index (κ1) is 17.9. The number of Topliss-reactive ketones (excluding diaryl/α,β-unsaturated/α-hetero) is 1. The van der Waals surface area contributed by atoms with Crippen molar-refractivity contribution in [1.82, 2.24) is 14.9 Å². The third-order valence-corrected chi connectivity index (χ3v) is 5.06. The van der Waals surface area contributed by atoms with Crippen LogP contribution in [0.4, 0.5) is 0 Å². The van der Waals surface area contributed by atoms with E-state index in [1.807, 2.05) is 25.3 Å². The molecule has 0 saturated carbocycles. The molecular weight excluding hydrogens is 310 g/mol. The van der Waals surface area contributed by atoms with Gasteiger partial charge in [0.25, 0.3) is 0 Å². The van der Waals surface area contributed by atoms with Crippen LogP contribution in [0.1, 0.15) is 61.1 Å². The average Bonchev–Trinajstić information content (AvgIpc) is 2.98. The van der Waals surface area contributed by atoms with Gasteiger partial charge in [-0.05, 0) is 37.3 Å². The van der Waals surface area contributed by atoms with E-state index in [-0.39, 0.29) is 17.1 Å². The normalized spacial score (nSPS) is 19.1. The Hall–Kier alpha value is -1.94. The van der Waals surface area contributed by atoms with Gasteiger partial charge in [0.15, 0.2) is 5.78 Å². The van der Waals surface area contributed by atoms with E-state index in [9.17, 15) is 4.79 Å². The number of likely N-dealkylation sites (tertiary alicyclic amines) is 1. The molecule has 25 heavy (non-hydrogen) atoms. The summed E-state index contributed by atoms with van der Waals surface area (Å²) in [6.45, 7) is 11.3. The van der Waals surface area contributed by atoms with Crippen molar-refractivity contribution in [2.24, 2.45) is 5.92 Å². The lowest BCUT2D eigenvalue weighted by atomic mass is 9.85. The van der Waals surface area contributed by atoms with Gasteiger partial charge < -0.3 is 4.98 Å². The zero-order chi connectivity index (χ0) is 18.0. The molecule has 1 atom stereocenters. The van der Waals surface area contributed by atoms with Gasteiger partial charge in [0.2, 0.25) is 0 Å². The molecular formula is C21H29N3O. The van der Waals surface area contributed by atoms with Crippen LogP contribution in [0.5, 0.6) is 0 Å². The summed E-state index contributed by atoms with van der Waals surface area (Å²) in [7, 11) is 0. The molecule has 134 valence electrons. The van der Waals surface area contributed by atoms with Gasteiger partial charge in [0.1, 0.15) is 5.82 Å². The summed E-state index contributed by atoms with van der Waals surface area (Å²) < 4.78 is 0. The number of piperidine rings is 1. The highest BCUT2D eigenvalue weighted by molar-refractivity contribution is 5.98. The van der Waals surface area contributed by atoms with Crippen LogP contribution in [0, 0.1) is 12.8 Å². The average molecular weight is 339 g/mol. The minimum absolute atomic E-state index is 0.0956. The zero-order valence-electron chi connectivity index (χ0n) is 15.8. The molecule has 4 heteroatoms. The maximum atomic E-state index is 12.9. The van der Waals surface area contributed by atoms with Crippen molar-refractivity contribution >= 4 is 5.78 Å². The Labute approximate surface area is 150 Å². The highest BCUT2D eigenvalue weighted by Gasteiger charge is 2.27. The Morgan fingerprint density at radius 1 is 1.28 bits per heavy atom. The fraction of sp³-hybridized carbons (Fsp3) is 0.524. The van der Waals surface area contributed by atoms with E-state index in [0.717, 1.165) is 49.6 Å². The van der Waals surface area contributed by atoms with Crippen molar-refractivity contribution in [1.29, 1.82) is 0 Å². The number of aromatic nitrogens is 2. The van der Waals surface area contributed by atoms with Crippen molar-refractivity contribution in [2.75, 3.05) is 13.1 Å². The van der Waals surface area contributed by atoms with Gasteiger partial charge in [-0.1, -0.05) is 45.0 Å². The Bertz CT molecular complexity index is 724. The number of nitrogens with zero attached hydrogens (tertiary/aromatic N) is 2. The first-order valence-corrected chi connectivity index (χ1v) is 9.20. The number of nitrogens with one attached hydrogen (secondary N) is 1. The second kappa shape index (κ2) is 7.12. The largest absolute Gasteiger partial charge is 0.345 e.